The number of hydrogen-bond donors (Lipinski definition) is 2. The number of fused-ring (bicyclic) bond motifs is 1. The number of anilines is 3. The number of hydrogen-bond acceptors (Lipinski definition) is 10. The predicted octanol–water partition coefficient (Wildman–Crippen LogP) is 4.02. The van der Waals surface area contributed by atoms with Crippen molar-refractivity contribution in [3.05, 3.63) is 89.4 Å². The van der Waals surface area contributed by atoms with Crippen LogP contribution in [0.1, 0.15) is 36.9 Å². The lowest BCUT2D eigenvalue weighted by molar-refractivity contribution is -0.149. The van der Waals surface area contributed by atoms with Crippen LogP contribution in [0.4, 0.5) is 17.1 Å². The number of carbonyl (C=O) groups excluding carboxylic acids is 4. The fraction of sp³-hybridized carbons (Fsp3) is 0.242. The standard InChI is InChI=1S/C33H31ClN8O6/c1-33(2,3)48-32(46)28-16-20-15-23(9-11-27(20)47-28)37-29(43)26(14-19-4-7-22(35)8-5-19)41-13-12-40(30(44)31(41)45)25-17-21(34)6-10-24(25)42-18-36-38-39-42/h4-11,15-18,26H,12-14,35H2,1-3H3,(H,37,43)/t26-/m0/s1. The van der Waals surface area contributed by atoms with Crippen molar-refractivity contribution in [2.75, 3.05) is 29.0 Å². The second-order valence-corrected chi connectivity index (χ2v) is 12.6. The van der Waals surface area contributed by atoms with Crippen LogP contribution < -0.4 is 16.0 Å². The Morgan fingerprint density at radius 1 is 1.00 bits per heavy atom. The zero-order chi connectivity index (χ0) is 34.2. The van der Waals surface area contributed by atoms with Crippen LogP contribution in [0.2, 0.25) is 5.02 Å². The average Bonchev–Trinajstić information content (AvgIpc) is 3.72. The summed E-state index contributed by atoms with van der Waals surface area (Å²) in [6.45, 7) is 5.38. The summed E-state index contributed by atoms with van der Waals surface area (Å²) < 4.78 is 12.4. The fourth-order valence-electron chi connectivity index (χ4n) is 5.35. The maximum Gasteiger partial charge on any atom is 0.374 e. The lowest BCUT2D eigenvalue weighted by Gasteiger charge is -2.38. The molecule has 1 atom stereocenters. The van der Waals surface area contributed by atoms with E-state index in [1.807, 2.05) is 0 Å². The molecule has 3 heterocycles. The van der Waals surface area contributed by atoms with Crippen molar-refractivity contribution in [1.29, 1.82) is 0 Å². The van der Waals surface area contributed by atoms with Gasteiger partial charge in [-0.1, -0.05) is 23.7 Å². The van der Waals surface area contributed by atoms with Crippen molar-refractivity contribution >= 4 is 63.3 Å². The highest BCUT2D eigenvalue weighted by atomic mass is 35.5. The molecular weight excluding hydrogens is 640 g/mol. The zero-order valence-electron chi connectivity index (χ0n) is 26.2. The first-order chi connectivity index (χ1) is 22.9. The van der Waals surface area contributed by atoms with Crippen molar-refractivity contribution in [1.82, 2.24) is 25.1 Å². The van der Waals surface area contributed by atoms with Crippen LogP contribution >= 0.6 is 11.6 Å². The lowest BCUT2D eigenvalue weighted by atomic mass is 10.0. The highest BCUT2D eigenvalue weighted by molar-refractivity contribution is 6.41. The molecule has 14 nitrogen and oxygen atoms in total. The molecule has 3 N–H and O–H groups in total. The van der Waals surface area contributed by atoms with Gasteiger partial charge in [-0.25, -0.2) is 4.79 Å². The molecule has 0 bridgehead atoms. The first kappa shape index (κ1) is 32.2. The summed E-state index contributed by atoms with van der Waals surface area (Å²) in [5.74, 6) is -2.82. The molecule has 0 radical (unpaired) electrons. The summed E-state index contributed by atoms with van der Waals surface area (Å²) in [5.41, 5.74) is 8.04. The SMILES string of the molecule is CC(C)(C)OC(=O)c1cc2cc(NC(=O)[C@H](Cc3ccc(N)cc3)N3CCN(c4cc(Cl)ccc4-n4cnnn4)C(=O)C3=O)ccc2o1. The van der Waals surface area contributed by atoms with Gasteiger partial charge >= 0.3 is 17.8 Å². The fourth-order valence-corrected chi connectivity index (χ4v) is 5.52. The molecule has 3 amide bonds. The third-order valence-electron chi connectivity index (χ3n) is 7.55. The Labute approximate surface area is 279 Å². The number of nitrogens with zero attached hydrogens (tertiary/aromatic N) is 6. The average molecular weight is 671 g/mol. The van der Waals surface area contributed by atoms with Gasteiger partial charge in [0.2, 0.25) is 11.7 Å². The normalized spacial score (nSPS) is 14.3. The van der Waals surface area contributed by atoms with E-state index in [0.29, 0.717) is 38.7 Å². The Hall–Kier alpha value is -5.76. The zero-order valence-corrected chi connectivity index (χ0v) is 27.0. The predicted molar refractivity (Wildman–Crippen MR) is 177 cm³/mol. The third kappa shape index (κ3) is 6.83. The van der Waals surface area contributed by atoms with Gasteiger partial charge in [-0.3, -0.25) is 14.4 Å². The number of tetrazole rings is 1. The van der Waals surface area contributed by atoms with E-state index in [9.17, 15) is 19.2 Å². The summed E-state index contributed by atoms with van der Waals surface area (Å²) in [5, 5.41) is 15.0. The van der Waals surface area contributed by atoms with Gasteiger partial charge in [-0.05, 0) is 91.4 Å². The number of nitrogens with one attached hydrogen (secondary N) is 1. The van der Waals surface area contributed by atoms with Crippen molar-refractivity contribution in [2.24, 2.45) is 0 Å². The minimum Gasteiger partial charge on any atom is -0.454 e. The smallest absolute Gasteiger partial charge is 0.374 e. The molecular formula is C33H31ClN8O6. The molecule has 1 aliphatic heterocycles. The van der Waals surface area contributed by atoms with Crippen molar-refractivity contribution in [2.45, 2.75) is 38.8 Å². The van der Waals surface area contributed by atoms with Gasteiger partial charge in [0.25, 0.3) is 0 Å². The van der Waals surface area contributed by atoms with Crippen LogP contribution in [0.3, 0.4) is 0 Å². The summed E-state index contributed by atoms with van der Waals surface area (Å²) in [6.07, 6.45) is 1.47. The number of ether oxygens (including phenoxy) is 1. The molecule has 1 fully saturated rings. The van der Waals surface area contributed by atoms with Gasteiger partial charge in [0.1, 0.15) is 23.6 Å². The van der Waals surface area contributed by atoms with Crippen molar-refractivity contribution in [3.8, 4) is 5.69 Å². The third-order valence-corrected chi connectivity index (χ3v) is 7.78. The number of amides is 3. The molecule has 2 aromatic heterocycles. The lowest BCUT2D eigenvalue weighted by Crippen LogP contribution is -2.60. The number of furan rings is 1. The minimum atomic E-state index is -1.07. The second-order valence-electron chi connectivity index (χ2n) is 12.2. The number of rotatable bonds is 8. The van der Waals surface area contributed by atoms with E-state index < -0.39 is 35.3 Å². The number of nitrogens with two attached hydrogens (primary N) is 1. The van der Waals surface area contributed by atoms with Crippen LogP contribution in [0.15, 0.2) is 77.5 Å². The van der Waals surface area contributed by atoms with Gasteiger partial charge in [0, 0.05) is 41.3 Å². The van der Waals surface area contributed by atoms with Gasteiger partial charge in [0.15, 0.2) is 0 Å². The molecule has 15 heteroatoms. The molecule has 0 saturated carbocycles. The van der Waals surface area contributed by atoms with Crippen molar-refractivity contribution < 1.29 is 28.3 Å². The van der Waals surface area contributed by atoms with Crippen LogP contribution in [-0.2, 0) is 25.5 Å². The Kier molecular flexibility index (Phi) is 8.58. The molecule has 0 aliphatic carbocycles. The number of halogens is 1. The van der Waals surface area contributed by atoms with E-state index in [0.717, 1.165) is 5.56 Å². The second kappa shape index (κ2) is 12.8. The number of esters is 1. The summed E-state index contributed by atoms with van der Waals surface area (Å²) >= 11 is 6.27. The molecule has 0 spiro atoms. The molecule has 1 aliphatic rings. The summed E-state index contributed by atoms with van der Waals surface area (Å²) in [7, 11) is 0. The molecule has 6 rings (SSSR count). The number of benzene rings is 3. The highest BCUT2D eigenvalue weighted by Gasteiger charge is 2.40. The topological polar surface area (TPSA) is 179 Å². The summed E-state index contributed by atoms with van der Waals surface area (Å²) in [4.78, 5) is 56.5. The van der Waals surface area contributed by atoms with Gasteiger partial charge in [0.05, 0.1) is 11.4 Å². The van der Waals surface area contributed by atoms with E-state index in [4.69, 9.17) is 26.5 Å². The van der Waals surface area contributed by atoms with Gasteiger partial charge in [-0.2, -0.15) is 4.68 Å². The Morgan fingerprint density at radius 2 is 1.77 bits per heavy atom. The number of aromatic nitrogens is 4. The van der Waals surface area contributed by atoms with Crippen LogP contribution in [0.5, 0.6) is 0 Å². The van der Waals surface area contributed by atoms with Crippen molar-refractivity contribution in [3.63, 3.8) is 0 Å². The van der Waals surface area contributed by atoms with Crippen LogP contribution in [0, 0.1) is 0 Å². The van der Waals surface area contributed by atoms with Gasteiger partial charge in [-0.15, -0.1) is 5.10 Å². The summed E-state index contributed by atoms with van der Waals surface area (Å²) in [6, 6.07) is 17.1. The molecule has 3 aromatic carbocycles. The molecule has 5 aromatic rings. The molecule has 48 heavy (non-hydrogen) atoms. The van der Waals surface area contributed by atoms with E-state index in [1.54, 1.807) is 81.4 Å². The molecule has 246 valence electrons. The number of carbonyl (C=O) groups is 4. The largest absolute Gasteiger partial charge is 0.454 e. The highest BCUT2D eigenvalue weighted by Crippen LogP contribution is 2.30. The number of nitrogen functional groups attached to an aromatic ring is 1. The molecule has 0 unspecified atom stereocenters. The van der Waals surface area contributed by atoms with E-state index in [2.05, 4.69) is 20.8 Å². The minimum absolute atomic E-state index is 0.0227. The number of piperazine rings is 1. The monoisotopic (exact) mass is 670 g/mol. The molecule has 1 saturated heterocycles. The Balaban J connectivity index is 1.26. The van der Waals surface area contributed by atoms with Crippen LogP contribution in [-0.4, -0.2) is 73.5 Å². The first-order valence-corrected chi connectivity index (χ1v) is 15.3. The quantitative estimate of drug-likeness (QED) is 0.139. The van der Waals surface area contributed by atoms with E-state index in [-0.39, 0.29) is 25.3 Å². The van der Waals surface area contributed by atoms with Crippen LogP contribution in [0.25, 0.3) is 16.7 Å². The first-order valence-electron chi connectivity index (χ1n) is 14.9. The van der Waals surface area contributed by atoms with E-state index >= 15 is 0 Å². The van der Waals surface area contributed by atoms with Gasteiger partial charge < -0.3 is 30.0 Å². The maximum absolute atomic E-state index is 14.0. The Bertz CT molecular complexity index is 2020. The van der Waals surface area contributed by atoms with E-state index in [1.165, 1.54) is 26.9 Å². The Morgan fingerprint density at radius 3 is 2.48 bits per heavy atom. The maximum atomic E-state index is 14.0.